The molecule has 1 aliphatic rings. The summed E-state index contributed by atoms with van der Waals surface area (Å²) in [5.41, 5.74) is 0. The van der Waals surface area contributed by atoms with Crippen LogP contribution in [0.25, 0.3) is 0 Å². The van der Waals surface area contributed by atoms with Crippen LogP contribution in [0.4, 0.5) is 0 Å². The zero-order chi connectivity index (χ0) is 11.1. The fourth-order valence-electron chi connectivity index (χ4n) is 1.70. The van der Waals surface area contributed by atoms with Crippen LogP contribution in [0.2, 0.25) is 0 Å². The second kappa shape index (κ2) is 6.80. The Bertz CT molecular complexity index is 189. The van der Waals surface area contributed by atoms with Gasteiger partial charge in [0.15, 0.2) is 0 Å². The van der Waals surface area contributed by atoms with Crippen LogP contribution in [0.1, 0.15) is 19.3 Å². The monoisotopic (exact) mass is 214 g/mol. The third-order valence-electron chi connectivity index (χ3n) is 2.61. The highest BCUT2D eigenvalue weighted by Gasteiger charge is 2.20. The second-order valence-electron chi connectivity index (χ2n) is 4.36. The number of carbonyl (C=O) groups is 1. The van der Waals surface area contributed by atoms with E-state index in [2.05, 4.69) is 10.2 Å². The van der Waals surface area contributed by atoms with Gasteiger partial charge in [-0.3, -0.25) is 4.79 Å². The summed E-state index contributed by atoms with van der Waals surface area (Å²) in [5.74, 6) is 0.242. The van der Waals surface area contributed by atoms with E-state index in [1.165, 1.54) is 0 Å². The molecule has 0 aromatic heterocycles. The molecule has 88 valence electrons. The molecule has 1 saturated heterocycles. The molecule has 1 fully saturated rings. The van der Waals surface area contributed by atoms with Gasteiger partial charge in [-0.25, -0.2) is 0 Å². The number of hydrogen-bond donors (Lipinski definition) is 1. The summed E-state index contributed by atoms with van der Waals surface area (Å²) in [6, 6.07) is 0. The lowest BCUT2D eigenvalue weighted by molar-refractivity contribution is -0.128. The molecule has 1 rings (SSSR count). The van der Waals surface area contributed by atoms with E-state index in [1.54, 1.807) is 0 Å². The van der Waals surface area contributed by atoms with Crippen LogP contribution < -0.4 is 5.32 Å². The van der Waals surface area contributed by atoms with Gasteiger partial charge in [0.1, 0.15) is 0 Å². The average molecular weight is 214 g/mol. The lowest BCUT2D eigenvalue weighted by Gasteiger charge is -2.21. The molecule has 0 saturated carbocycles. The van der Waals surface area contributed by atoms with Crippen molar-refractivity contribution in [3.8, 4) is 0 Å². The smallest absolute Gasteiger partial charge is 0.225 e. The minimum absolute atomic E-state index is 0.0816. The van der Waals surface area contributed by atoms with Gasteiger partial charge in [0.2, 0.25) is 5.91 Å². The van der Waals surface area contributed by atoms with Crippen LogP contribution in [0.15, 0.2) is 0 Å². The SMILES string of the molecule is CN(C)CCCNC(=O)C1CCCOC1. The molecule has 1 amide bonds. The molecule has 4 nitrogen and oxygen atoms in total. The van der Waals surface area contributed by atoms with Crippen LogP contribution in [0, 0.1) is 5.92 Å². The highest BCUT2D eigenvalue weighted by atomic mass is 16.5. The Kier molecular flexibility index (Phi) is 5.65. The van der Waals surface area contributed by atoms with Crippen LogP contribution in [-0.4, -0.2) is 51.2 Å². The van der Waals surface area contributed by atoms with Gasteiger partial charge < -0.3 is 15.0 Å². The van der Waals surface area contributed by atoms with Crippen molar-refractivity contribution in [2.45, 2.75) is 19.3 Å². The van der Waals surface area contributed by atoms with Gasteiger partial charge >= 0.3 is 0 Å². The topological polar surface area (TPSA) is 41.6 Å². The molecule has 0 spiro atoms. The van der Waals surface area contributed by atoms with Crippen LogP contribution in [-0.2, 0) is 9.53 Å². The molecule has 0 bridgehead atoms. The first-order valence-electron chi connectivity index (χ1n) is 5.70. The Morgan fingerprint density at radius 1 is 1.53 bits per heavy atom. The van der Waals surface area contributed by atoms with E-state index in [1.807, 2.05) is 14.1 Å². The zero-order valence-corrected chi connectivity index (χ0v) is 9.79. The van der Waals surface area contributed by atoms with Crippen molar-refractivity contribution in [3.63, 3.8) is 0 Å². The minimum atomic E-state index is 0.0816. The van der Waals surface area contributed by atoms with Gasteiger partial charge in [-0.2, -0.15) is 0 Å². The minimum Gasteiger partial charge on any atom is -0.381 e. The fourth-order valence-corrected chi connectivity index (χ4v) is 1.70. The van der Waals surface area contributed by atoms with E-state index < -0.39 is 0 Å². The number of ether oxygens (including phenoxy) is 1. The number of rotatable bonds is 5. The molecule has 1 N–H and O–H groups in total. The largest absolute Gasteiger partial charge is 0.381 e. The Balaban J connectivity index is 2.07. The molecule has 1 atom stereocenters. The first-order chi connectivity index (χ1) is 7.20. The van der Waals surface area contributed by atoms with Crippen LogP contribution in [0.3, 0.4) is 0 Å². The number of amides is 1. The van der Waals surface area contributed by atoms with Crippen LogP contribution >= 0.6 is 0 Å². The highest BCUT2D eigenvalue weighted by molar-refractivity contribution is 5.78. The standard InChI is InChI=1S/C11H22N2O2/c1-13(2)7-4-6-12-11(14)10-5-3-8-15-9-10/h10H,3-9H2,1-2H3,(H,12,14). The van der Waals surface area contributed by atoms with E-state index >= 15 is 0 Å². The summed E-state index contributed by atoms with van der Waals surface area (Å²) in [6.07, 6.45) is 2.99. The molecular weight excluding hydrogens is 192 g/mol. The molecule has 0 radical (unpaired) electrons. The summed E-state index contributed by atoms with van der Waals surface area (Å²) in [7, 11) is 4.08. The Morgan fingerprint density at radius 2 is 2.33 bits per heavy atom. The molecule has 1 heterocycles. The van der Waals surface area contributed by atoms with E-state index in [9.17, 15) is 4.79 Å². The maximum absolute atomic E-state index is 11.6. The Labute approximate surface area is 92.0 Å². The summed E-state index contributed by atoms with van der Waals surface area (Å²) >= 11 is 0. The van der Waals surface area contributed by atoms with Gasteiger partial charge in [0.05, 0.1) is 12.5 Å². The van der Waals surface area contributed by atoms with Gasteiger partial charge in [-0.1, -0.05) is 0 Å². The summed E-state index contributed by atoms with van der Waals surface area (Å²) < 4.78 is 5.28. The molecule has 0 aromatic rings. The average Bonchev–Trinajstić information content (AvgIpc) is 2.25. The Hall–Kier alpha value is -0.610. The zero-order valence-electron chi connectivity index (χ0n) is 9.79. The van der Waals surface area contributed by atoms with Crippen molar-refractivity contribution in [3.05, 3.63) is 0 Å². The lowest BCUT2D eigenvalue weighted by Crippen LogP contribution is -2.36. The number of hydrogen-bond acceptors (Lipinski definition) is 3. The van der Waals surface area contributed by atoms with Crippen LogP contribution in [0.5, 0.6) is 0 Å². The van der Waals surface area contributed by atoms with Gasteiger partial charge in [-0.05, 0) is 39.9 Å². The van der Waals surface area contributed by atoms with E-state index in [0.717, 1.165) is 39.0 Å². The first-order valence-corrected chi connectivity index (χ1v) is 5.70. The molecule has 1 unspecified atom stereocenters. The quantitative estimate of drug-likeness (QED) is 0.677. The second-order valence-corrected chi connectivity index (χ2v) is 4.36. The summed E-state index contributed by atoms with van der Waals surface area (Å²) in [5, 5.41) is 2.96. The van der Waals surface area contributed by atoms with E-state index in [4.69, 9.17) is 4.74 Å². The number of nitrogens with zero attached hydrogens (tertiary/aromatic N) is 1. The molecular formula is C11H22N2O2. The molecule has 1 aliphatic heterocycles. The number of carbonyl (C=O) groups excluding carboxylic acids is 1. The normalized spacial score (nSPS) is 21.7. The molecule has 0 aliphatic carbocycles. The number of nitrogens with one attached hydrogen (secondary N) is 1. The van der Waals surface area contributed by atoms with Crippen molar-refractivity contribution >= 4 is 5.91 Å². The Morgan fingerprint density at radius 3 is 2.93 bits per heavy atom. The predicted octanol–water partition coefficient (Wildman–Crippen LogP) is 0.481. The van der Waals surface area contributed by atoms with Gasteiger partial charge in [-0.15, -0.1) is 0 Å². The van der Waals surface area contributed by atoms with E-state index in [-0.39, 0.29) is 11.8 Å². The van der Waals surface area contributed by atoms with Crippen molar-refractivity contribution < 1.29 is 9.53 Å². The van der Waals surface area contributed by atoms with Crippen molar-refractivity contribution in [2.75, 3.05) is 40.4 Å². The van der Waals surface area contributed by atoms with E-state index in [0.29, 0.717) is 6.61 Å². The third-order valence-corrected chi connectivity index (χ3v) is 2.61. The van der Waals surface area contributed by atoms with Crippen molar-refractivity contribution in [2.24, 2.45) is 5.92 Å². The molecule has 0 aromatic carbocycles. The third kappa shape index (κ3) is 5.14. The highest BCUT2D eigenvalue weighted by Crippen LogP contribution is 2.13. The van der Waals surface area contributed by atoms with Gasteiger partial charge in [0, 0.05) is 13.2 Å². The van der Waals surface area contributed by atoms with Gasteiger partial charge in [0.25, 0.3) is 0 Å². The van der Waals surface area contributed by atoms with Crippen molar-refractivity contribution in [1.82, 2.24) is 10.2 Å². The molecule has 15 heavy (non-hydrogen) atoms. The molecule has 4 heteroatoms. The summed E-state index contributed by atoms with van der Waals surface area (Å²) in [6.45, 7) is 3.19. The maximum Gasteiger partial charge on any atom is 0.225 e. The predicted molar refractivity (Wildman–Crippen MR) is 59.7 cm³/mol. The maximum atomic E-state index is 11.6. The summed E-state index contributed by atoms with van der Waals surface area (Å²) in [4.78, 5) is 13.8. The lowest BCUT2D eigenvalue weighted by atomic mass is 10.0. The first kappa shape index (κ1) is 12.5. The fraction of sp³-hybridized carbons (Fsp3) is 0.909. The van der Waals surface area contributed by atoms with Crippen molar-refractivity contribution in [1.29, 1.82) is 0 Å².